The van der Waals surface area contributed by atoms with Gasteiger partial charge in [0.15, 0.2) is 0 Å². The number of carbonyl (C=O) groups excluding carboxylic acids is 1. The molecule has 0 amide bonds. The average Bonchev–Trinajstić information content (AvgIpc) is 2.50. The molecule has 0 aromatic carbocycles. The minimum Gasteiger partial charge on any atom is -0.457 e. The van der Waals surface area contributed by atoms with Gasteiger partial charge in [0.25, 0.3) is 0 Å². The minimum atomic E-state index is -0.0340. The fourth-order valence-electron chi connectivity index (χ4n) is 1.40. The van der Waals surface area contributed by atoms with E-state index in [9.17, 15) is 4.79 Å². The van der Waals surface area contributed by atoms with Crippen molar-refractivity contribution in [1.82, 2.24) is 0 Å². The second-order valence-electron chi connectivity index (χ2n) is 4.34. The van der Waals surface area contributed by atoms with Gasteiger partial charge in [0.2, 0.25) is 0 Å². The molecular weight excluding hydrogens is 156 g/mol. The van der Waals surface area contributed by atoms with Crippen LogP contribution < -0.4 is 0 Å². The van der Waals surface area contributed by atoms with Crippen LogP contribution in [0.25, 0.3) is 0 Å². The SMILES string of the molecule is CC1(C)C[C@@H]1C(=O)OC1COC1. The molecule has 1 saturated heterocycles. The first-order chi connectivity index (χ1) is 5.59. The van der Waals surface area contributed by atoms with Crippen molar-refractivity contribution in [2.24, 2.45) is 11.3 Å². The highest BCUT2D eigenvalue weighted by Gasteiger charge is 2.52. The highest BCUT2D eigenvalue weighted by atomic mass is 16.6. The summed E-state index contributed by atoms with van der Waals surface area (Å²) in [6.07, 6.45) is 1.01. The third kappa shape index (κ3) is 1.33. The molecule has 3 nitrogen and oxygen atoms in total. The predicted molar refractivity (Wildman–Crippen MR) is 42.6 cm³/mol. The van der Waals surface area contributed by atoms with Gasteiger partial charge >= 0.3 is 5.97 Å². The molecule has 1 atom stereocenters. The molecule has 68 valence electrons. The van der Waals surface area contributed by atoms with Gasteiger partial charge in [0.05, 0.1) is 19.1 Å². The Hall–Kier alpha value is -0.570. The Morgan fingerprint density at radius 3 is 2.42 bits per heavy atom. The van der Waals surface area contributed by atoms with Crippen molar-refractivity contribution < 1.29 is 14.3 Å². The zero-order chi connectivity index (χ0) is 8.77. The maximum Gasteiger partial charge on any atom is 0.309 e. The van der Waals surface area contributed by atoms with Crippen molar-refractivity contribution in [3.8, 4) is 0 Å². The largest absolute Gasteiger partial charge is 0.457 e. The lowest BCUT2D eigenvalue weighted by Crippen LogP contribution is -2.38. The van der Waals surface area contributed by atoms with Gasteiger partial charge in [0.1, 0.15) is 6.10 Å². The minimum absolute atomic E-state index is 0.0340. The smallest absolute Gasteiger partial charge is 0.309 e. The van der Waals surface area contributed by atoms with Gasteiger partial charge in [-0.1, -0.05) is 13.8 Å². The second-order valence-corrected chi connectivity index (χ2v) is 4.34. The van der Waals surface area contributed by atoms with Gasteiger partial charge in [-0.3, -0.25) is 4.79 Å². The molecule has 2 rings (SSSR count). The van der Waals surface area contributed by atoms with E-state index < -0.39 is 0 Å². The number of esters is 1. The molecule has 0 radical (unpaired) electrons. The first kappa shape index (κ1) is 8.05. The zero-order valence-corrected chi connectivity index (χ0v) is 7.50. The molecule has 0 bridgehead atoms. The van der Waals surface area contributed by atoms with Crippen LogP contribution in [0.1, 0.15) is 20.3 Å². The van der Waals surface area contributed by atoms with Crippen LogP contribution in [0.4, 0.5) is 0 Å². The number of ether oxygens (including phenoxy) is 2. The lowest BCUT2D eigenvalue weighted by Gasteiger charge is -2.25. The van der Waals surface area contributed by atoms with E-state index in [1.807, 2.05) is 0 Å². The van der Waals surface area contributed by atoms with Crippen LogP contribution in [-0.4, -0.2) is 25.3 Å². The topological polar surface area (TPSA) is 35.5 Å². The van der Waals surface area contributed by atoms with Crippen LogP contribution >= 0.6 is 0 Å². The summed E-state index contributed by atoms with van der Waals surface area (Å²) in [5.74, 6) is 0.103. The zero-order valence-electron chi connectivity index (χ0n) is 7.50. The molecule has 1 heterocycles. The molecule has 0 N–H and O–H groups in total. The van der Waals surface area contributed by atoms with E-state index >= 15 is 0 Å². The van der Waals surface area contributed by atoms with Gasteiger partial charge in [-0.15, -0.1) is 0 Å². The van der Waals surface area contributed by atoms with Gasteiger partial charge in [-0.25, -0.2) is 0 Å². The Morgan fingerprint density at radius 2 is 2.08 bits per heavy atom. The molecule has 0 aromatic rings. The Kier molecular flexibility index (Phi) is 1.65. The van der Waals surface area contributed by atoms with E-state index in [-0.39, 0.29) is 23.4 Å². The summed E-state index contributed by atoms with van der Waals surface area (Å²) in [6.45, 7) is 5.35. The van der Waals surface area contributed by atoms with Crippen LogP contribution in [0, 0.1) is 11.3 Å². The van der Waals surface area contributed by atoms with Crippen molar-refractivity contribution in [3.63, 3.8) is 0 Å². The fourth-order valence-corrected chi connectivity index (χ4v) is 1.40. The Balaban J connectivity index is 1.78. The Morgan fingerprint density at radius 1 is 1.50 bits per heavy atom. The van der Waals surface area contributed by atoms with Crippen LogP contribution in [0.5, 0.6) is 0 Å². The van der Waals surface area contributed by atoms with E-state index in [0.717, 1.165) is 6.42 Å². The van der Waals surface area contributed by atoms with Crippen LogP contribution in [-0.2, 0) is 14.3 Å². The van der Waals surface area contributed by atoms with E-state index in [1.165, 1.54) is 0 Å². The van der Waals surface area contributed by atoms with Crippen molar-refractivity contribution >= 4 is 5.97 Å². The molecule has 0 unspecified atom stereocenters. The summed E-state index contributed by atoms with van der Waals surface area (Å²) in [7, 11) is 0. The van der Waals surface area contributed by atoms with Crippen molar-refractivity contribution in [2.45, 2.75) is 26.4 Å². The molecule has 1 aliphatic carbocycles. The lowest BCUT2D eigenvalue weighted by molar-refractivity contribution is -0.174. The van der Waals surface area contributed by atoms with Crippen molar-refractivity contribution in [1.29, 1.82) is 0 Å². The lowest BCUT2D eigenvalue weighted by atomic mass is 10.1. The monoisotopic (exact) mass is 170 g/mol. The summed E-state index contributed by atoms with van der Waals surface area (Å²) < 4.78 is 10.1. The summed E-state index contributed by atoms with van der Waals surface area (Å²) in [4.78, 5) is 11.3. The summed E-state index contributed by atoms with van der Waals surface area (Å²) in [6, 6.07) is 0. The van der Waals surface area contributed by atoms with Crippen LogP contribution in [0.15, 0.2) is 0 Å². The first-order valence-electron chi connectivity index (χ1n) is 4.38. The van der Waals surface area contributed by atoms with Crippen LogP contribution in [0.3, 0.4) is 0 Å². The first-order valence-corrected chi connectivity index (χ1v) is 4.38. The number of hydrogen-bond acceptors (Lipinski definition) is 3. The molecule has 0 aromatic heterocycles. The quantitative estimate of drug-likeness (QED) is 0.579. The van der Waals surface area contributed by atoms with Gasteiger partial charge in [-0.05, 0) is 11.8 Å². The maximum atomic E-state index is 11.3. The normalized spacial score (nSPS) is 32.3. The van der Waals surface area contributed by atoms with Crippen molar-refractivity contribution in [2.75, 3.05) is 13.2 Å². The molecule has 12 heavy (non-hydrogen) atoms. The Bertz CT molecular complexity index is 206. The Labute approximate surface area is 72.0 Å². The summed E-state index contributed by atoms with van der Waals surface area (Å²) >= 11 is 0. The molecule has 0 spiro atoms. The average molecular weight is 170 g/mol. The summed E-state index contributed by atoms with van der Waals surface area (Å²) in [5, 5.41) is 0. The highest BCUT2D eigenvalue weighted by molar-refractivity contribution is 5.76. The standard InChI is InChI=1S/C9H14O3/c1-9(2)3-7(9)8(10)12-6-4-11-5-6/h6-7H,3-5H2,1-2H3/t7-/m1/s1. The van der Waals surface area contributed by atoms with Gasteiger partial charge < -0.3 is 9.47 Å². The fraction of sp³-hybridized carbons (Fsp3) is 0.889. The molecule has 2 aliphatic rings. The molecule has 3 heteroatoms. The molecular formula is C9H14O3. The van der Waals surface area contributed by atoms with E-state index in [2.05, 4.69) is 13.8 Å². The van der Waals surface area contributed by atoms with E-state index in [1.54, 1.807) is 0 Å². The number of rotatable bonds is 2. The van der Waals surface area contributed by atoms with Gasteiger partial charge in [0, 0.05) is 0 Å². The third-order valence-corrected chi connectivity index (χ3v) is 2.69. The third-order valence-electron chi connectivity index (χ3n) is 2.69. The van der Waals surface area contributed by atoms with E-state index in [0.29, 0.717) is 13.2 Å². The van der Waals surface area contributed by atoms with E-state index in [4.69, 9.17) is 9.47 Å². The molecule has 1 aliphatic heterocycles. The second kappa shape index (κ2) is 2.46. The van der Waals surface area contributed by atoms with Crippen LogP contribution in [0.2, 0.25) is 0 Å². The molecule has 2 fully saturated rings. The number of carbonyl (C=O) groups is 1. The summed E-state index contributed by atoms with van der Waals surface area (Å²) in [5.41, 5.74) is 0.182. The van der Waals surface area contributed by atoms with Crippen molar-refractivity contribution in [3.05, 3.63) is 0 Å². The highest BCUT2D eigenvalue weighted by Crippen LogP contribution is 2.52. The maximum absolute atomic E-state index is 11.3. The molecule has 1 saturated carbocycles. The predicted octanol–water partition coefficient (Wildman–Crippen LogP) is 0.974. The van der Waals surface area contributed by atoms with Gasteiger partial charge in [-0.2, -0.15) is 0 Å². The number of hydrogen-bond donors (Lipinski definition) is 0.